The van der Waals surface area contributed by atoms with Gasteiger partial charge in [0.05, 0.1) is 50.3 Å². The normalized spacial score (nSPS) is 16.5. The van der Waals surface area contributed by atoms with Gasteiger partial charge in [0, 0.05) is 28.3 Å². The molecule has 14 heteroatoms. The second kappa shape index (κ2) is 12.9. The number of nitrogens with one attached hydrogen (secondary N) is 1. The van der Waals surface area contributed by atoms with Crippen LogP contribution in [0, 0.1) is 11.3 Å². The number of nitrogens with zero attached hydrogens (tertiary/aromatic N) is 4. The van der Waals surface area contributed by atoms with E-state index >= 15 is 0 Å². The van der Waals surface area contributed by atoms with Crippen molar-refractivity contribution in [3.63, 3.8) is 0 Å². The Balaban J connectivity index is 1.45. The zero-order valence-electron chi connectivity index (χ0n) is 23.5. The van der Waals surface area contributed by atoms with Gasteiger partial charge in [0.25, 0.3) is 0 Å². The smallest absolute Gasteiger partial charge is 0.234 e. The van der Waals surface area contributed by atoms with Crippen LogP contribution in [0.5, 0.6) is 17.2 Å². The number of hydrogen-bond acceptors (Lipinski definition) is 12. The number of allylic oxidation sites excluding steroid dienone is 3. The molecule has 1 atom stereocenters. The van der Waals surface area contributed by atoms with Gasteiger partial charge in [0.1, 0.15) is 23.1 Å². The highest BCUT2D eigenvalue weighted by atomic mass is 35.5. The molecule has 1 aliphatic carbocycles. The quantitative estimate of drug-likeness (QED) is 0.295. The third-order valence-corrected chi connectivity index (χ3v) is 9.29. The highest BCUT2D eigenvalue weighted by Crippen LogP contribution is 2.49. The Kier molecular flexibility index (Phi) is 9.10. The third kappa shape index (κ3) is 5.99. The standard InChI is InChI=1S/C29H27ClN6O5S2/c1-39-16-8-10-22(40-2)17(12-16)25-18(13-31)27(32)36(20-5-4-6-21(37)26(20)25)28-34-35-29(43-28)42-14-24(38)33-19-11-15(30)7-9-23(19)41-3/h7-12,25H,4-6,14,32H2,1-3H3,(H,33,38). The molecule has 2 aromatic carbocycles. The number of thioether (sulfide) groups is 1. The van der Waals surface area contributed by atoms with Gasteiger partial charge in [-0.05, 0) is 49.2 Å². The summed E-state index contributed by atoms with van der Waals surface area (Å²) in [6.45, 7) is 0. The Morgan fingerprint density at radius 2 is 1.93 bits per heavy atom. The molecule has 1 aliphatic heterocycles. The van der Waals surface area contributed by atoms with Crippen molar-refractivity contribution < 1.29 is 23.8 Å². The Labute approximate surface area is 261 Å². The van der Waals surface area contributed by atoms with E-state index in [0.717, 1.165) is 0 Å². The number of ketones is 1. The van der Waals surface area contributed by atoms with E-state index in [-0.39, 0.29) is 28.8 Å². The molecular weight excluding hydrogens is 612 g/mol. The van der Waals surface area contributed by atoms with Crippen molar-refractivity contribution in [1.82, 2.24) is 10.2 Å². The molecule has 2 aliphatic rings. The zero-order chi connectivity index (χ0) is 30.7. The molecule has 0 saturated heterocycles. The average molecular weight is 639 g/mol. The summed E-state index contributed by atoms with van der Waals surface area (Å²) >= 11 is 8.47. The molecule has 1 unspecified atom stereocenters. The van der Waals surface area contributed by atoms with E-state index < -0.39 is 5.92 Å². The van der Waals surface area contributed by atoms with E-state index in [0.29, 0.717) is 73.5 Å². The molecular formula is C29H27ClN6O5S2. The second-order valence-electron chi connectivity index (χ2n) is 9.46. The number of aromatic nitrogens is 2. The molecule has 1 aromatic heterocycles. The number of ether oxygens (including phenoxy) is 3. The highest BCUT2D eigenvalue weighted by molar-refractivity contribution is 8.01. The lowest BCUT2D eigenvalue weighted by Crippen LogP contribution is -2.38. The van der Waals surface area contributed by atoms with E-state index in [9.17, 15) is 14.9 Å². The van der Waals surface area contributed by atoms with Gasteiger partial charge >= 0.3 is 0 Å². The minimum atomic E-state index is -0.733. The lowest BCUT2D eigenvalue weighted by molar-refractivity contribution is -0.116. The number of carbonyl (C=O) groups is 2. The van der Waals surface area contributed by atoms with Gasteiger partial charge in [-0.1, -0.05) is 34.7 Å². The van der Waals surface area contributed by atoms with Crippen molar-refractivity contribution in [2.45, 2.75) is 29.5 Å². The van der Waals surface area contributed by atoms with Crippen LogP contribution in [0.2, 0.25) is 5.02 Å². The number of nitrogens with two attached hydrogens (primary N) is 1. The molecule has 3 aromatic rings. The predicted octanol–water partition coefficient (Wildman–Crippen LogP) is 5.25. The molecule has 2 heterocycles. The molecule has 0 radical (unpaired) electrons. The minimum Gasteiger partial charge on any atom is -0.497 e. The first kappa shape index (κ1) is 30.2. The third-order valence-electron chi connectivity index (χ3n) is 7.01. The molecule has 0 fully saturated rings. The predicted molar refractivity (Wildman–Crippen MR) is 165 cm³/mol. The highest BCUT2D eigenvalue weighted by Gasteiger charge is 2.42. The van der Waals surface area contributed by atoms with E-state index in [1.54, 1.807) is 48.4 Å². The first-order chi connectivity index (χ1) is 20.8. The second-order valence-corrected chi connectivity index (χ2v) is 12.1. The van der Waals surface area contributed by atoms with Crippen LogP contribution in [-0.2, 0) is 9.59 Å². The van der Waals surface area contributed by atoms with Crippen LogP contribution in [0.15, 0.2) is 63.4 Å². The summed E-state index contributed by atoms with van der Waals surface area (Å²) in [6.07, 6.45) is 1.52. The van der Waals surface area contributed by atoms with Gasteiger partial charge in [-0.2, -0.15) is 5.26 Å². The molecule has 11 nitrogen and oxygen atoms in total. The molecule has 0 saturated carbocycles. The van der Waals surface area contributed by atoms with Crippen molar-refractivity contribution in [2.24, 2.45) is 5.73 Å². The van der Waals surface area contributed by atoms with E-state index in [4.69, 9.17) is 31.5 Å². The maximum absolute atomic E-state index is 13.5. The average Bonchev–Trinajstić information content (AvgIpc) is 3.47. The first-order valence-electron chi connectivity index (χ1n) is 13.1. The number of amides is 1. The largest absolute Gasteiger partial charge is 0.497 e. The molecule has 0 bridgehead atoms. The Hall–Kier alpha value is -4.25. The molecule has 0 spiro atoms. The van der Waals surface area contributed by atoms with Crippen LogP contribution in [0.4, 0.5) is 10.8 Å². The summed E-state index contributed by atoms with van der Waals surface area (Å²) in [5, 5.41) is 22.5. The topological polar surface area (TPSA) is 153 Å². The minimum absolute atomic E-state index is 0.0449. The summed E-state index contributed by atoms with van der Waals surface area (Å²) in [4.78, 5) is 27.8. The molecule has 222 valence electrons. The Bertz CT molecular complexity index is 1700. The molecule has 43 heavy (non-hydrogen) atoms. The first-order valence-corrected chi connectivity index (χ1v) is 15.2. The van der Waals surface area contributed by atoms with E-state index in [1.807, 2.05) is 0 Å². The van der Waals surface area contributed by atoms with Crippen LogP contribution in [0.3, 0.4) is 0 Å². The molecule has 1 amide bonds. The number of methoxy groups -OCH3 is 3. The monoisotopic (exact) mass is 638 g/mol. The van der Waals surface area contributed by atoms with Gasteiger partial charge < -0.3 is 25.3 Å². The van der Waals surface area contributed by atoms with Gasteiger partial charge in [-0.15, -0.1) is 10.2 Å². The number of halogens is 1. The Morgan fingerprint density at radius 1 is 1.16 bits per heavy atom. The van der Waals surface area contributed by atoms with Crippen LogP contribution in [0.1, 0.15) is 30.7 Å². The number of anilines is 2. The number of nitriles is 1. The number of hydrogen-bond donors (Lipinski definition) is 2. The van der Waals surface area contributed by atoms with Crippen LogP contribution in [-0.4, -0.2) is 49.0 Å². The zero-order valence-corrected chi connectivity index (χ0v) is 25.9. The summed E-state index contributed by atoms with van der Waals surface area (Å²) in [7, 11) is 4.58. The summed E-state index contributed by atoms with van der Waals surface area (Å²) in [5.41, 5.74) is 9.08. The molecule has 5 rings (SSSR count). The van der Waals surface area contributed by atoms with Crippen LogP contribution >= 0.6 is 34.7 Å². The van der Waals surface area contributed by atoms with Crippen molar-refractivity contribution >= 4 is 57.2 Å². The van der Waals surface area contributed by atoms with Crippen molar-refractivity contribution in [3.8, 4) is 23.3 Å². The summed E-state index contributed by atoms with van der Waals surface area (Å²) in [6, 6.07) is 12.4. The van der Waals surface area contributed by atoms with Gasteiger partial charge in [0.15, 0.2) is 10.1 Å². The maximum Gasteiger partial charge on any atom is 0.234 e. The lowest BCUT2D eigenvalue weighted by Gasteiger charge is -2.38. The number of rotatable bonds is 9. The van der Waals surface area contributed by atoms with Crippen LogP contribution < -0.4 is 30.2 Å². The van der Waals surface area contributed by atoms with Crippen molar-refractivity contribution in [3.05, 3.63) is 69.6 Å². The van der Waals surface area contributed by atoms with Gasteiger partial charge in [-0.25, -0.2) is 0 Å². The maximum atomic E-state index is 13.5. The van der Waals surface area contributed by atoms with Crippen molar-refractivity contribution in [1.29, 1.82) is 5.26 Å². The fraction of sp³-hybridized carbons (Fsp3) is 0.276. The lowest BCUT2D eigenvalue weighted by atomic mass is 9.75. The number of Topliss-reactive ketones (excluding diaryl/α,β-unsaturated/α-hetero) is 1. The summed E-state index contributed by atoms with van der Waals surface area (Å²) < 4.78 is 16.8. The fourth-order valence-corrected chi connectivity index (χ4v) is 6.98. The summed E-state index contributed by atoms with van der Waals surface area (Å²) in [5.74, 6) is 0.655. The SMILES string of the molecule is COc1ccc(OC)c(C2C(C#N)=C(N)N(c3nnc(SCC(=O)Nc4cc(Cl)ccc4OC)s3)C3=C2C(=O)CCC3)c1. The Morgan fingerprint density at radius 3 is 2.65 bits per heavy atom. The number of benzene rings is 2. The van der Waals surface area contributed by atoms with E-state index in [2.05, 4.69) is 21.6 Å². The van der Waals surface area contributed by atoms with Crippen LogP contribution in [0.25, 0.3) is 0 Å². The van der Waals surface area contributed by atoms with Crippen molar-refractivity contribution in [2.75, 3.05) is 37.3 Å². The number of carbonyl (C=O) groups excluding carboxylic acids is 2. The van der Waals surface area contributed by atoms with Gasteiger partial charge in [0.2, 0.25) is 11.0 Å². The fourth-order valence-electron chi connectivity index (χ4n) is 5.12. The molecule has 3 N–H and O–H groups in total. The van der Waals surface area contributed by atoms with E-state index in [1.165, 1.54) is 37.3 Å². The van der Waals surface area contributed by atoms with Gasteiger partial charge in [-0.3, -0.25) is 14.5 Å².